The Morgan fingerprint density at radius 1 is 1.14 bits per heavy atom. The van der Waals surface area contributed by atoms with Crippen molar-refractivity contribution in [2.24, 2.45) is 0 Å². The third-order valence-corrected chi connectivity index (χ3v) is 4.21. The van der Waals surface area contributed by atoms with Crippen molar-refractivity contribution < 1.29 is 9.59 Å². The summed E-state index contributed by atoms with van der Waals surface area (Å²) in [5.41, 5.74) is 3.01. The summed E-state index contributed by atoms with van der Waals surface area (Å²) < 4.78 is 1.91. The summed E-state index contributed by atoms with van der Waals surface area (Å²) in [6.07, 6.45) is 5.11. The van der Waals surface area contributed by atoms with Gasteiger partial charge in [0.15, 0.2) is 0 Å². The molecule has 0 aliphatic carbocycles. The van der Waals surface area contributed by atoms with E-state index in [0.717, 1.165) is 11.3 Å². The van der Waals surface area contributed by atoms with Gasteiger partial charge in [0.1, 0.15) is 6.42 Å². The van der Waals surface area contributed by atoms with Crippen LogP contribution in [0.5, 0.6) is 0 Å². The highest BCUT2D eigenvalue weighted by atomic mass is 16.2. The Morgan fingerprint density at radius 2 is 1.86 bits per heavy atom. The zero-order chi connectivity index (χ0) is 19.9. The number of rotatable bonds is 6. The van der Waals surface area contributed by atoms with Crippen LogP contribution < -0.4 is 10.6 Å². The molecule has 0 bridgehead atoms. The Kier molecular flexibility index (Phi) is 5.82. The fourth-order valence-corrected chi connectivity index (χ4v) is 2.69. The lowest BCUT2D eigenvalue weighted by atomic mass is 10.1. The predicted octanol–water partition coefficient (Wildman–Crippen LogP) is 3.22. The van der Waals surface area contributed by atoms with Gasteiger partial charge in [-0.3, -0.25) is 9.59 Å². The lowest BCUT2D eigenvalue weighted by Gasteiger charge is -2.15. The molecular weight excluding hydrogens is 354 g/mol. The van der Waals surface area contributed by atoms with E-state index in [4.69, 9.17) is 5.26 Å². The first-order valence-electron chi connectivity index (χ1n) is 8.73. The summed E-state index contributed by atoms with van der Waals surface area (Å²) >= 11 is 0. The molecule has 0 saturated carbocycles. The van der Waals surface area contributed by atoms with E-state index >= 15 is 0 Å². The monoisotopic (exact) mass is 373 g/mol. The molecule has 1 aromatic heterocycles. The molecule has 0 aliphatic rings. The second-order valence-electron chi connectivity index (χ2n) is 6.22. The maximum absolute atomic E-state index is 12.5. The molecule has 0 fully saturated rings. The molecule has 3 rings (SSSR count). The van der Waals surface area contributed by atoms with Crippen LogP contribution in [0.1, 0.15) is 35.3 Å². The van der Waals surface area contributed by atoms with Crippen molar-refractivity contribution >= 4 is 17.5 Å². The smallest absolute Gasteiger partial charge is 0.251 e. The Labute approximate surface area is 162 Å². The largest absolute Gasteiger partial charge is 0.346 e. The average Bonchev–Trinajstić information content (AvgIpc) is 3.23. The van der Waals surface area contributed by atoms with Gasteiger partial charge in [-0.1, -0.05) is 12.1 Å². The van der Waals surface area contributed by atoms with Gasteiger partial charge in [0, 0.05) is 29.3 Å². The van der Waals surface area contributed by atoms with Gasteiger partial charge in [-0.25, -0.2) is 4.98 Å². The maximum Gasteiger partial charge on any atom is 0.251 e. The van der Waals surface area contributed by atoms with Gasteiger partial charge in [0.25, 0.3) is 5.91 Å². The van der Waals surface area contributed by atoms with E-state index in [2.05, 4.69) is 15.6 Å². The first kappa shape index (κ1) is 18.9. The second-order valence-corrected chi connectivity index (χ2v) is 6.22. The summed E-state index contributed by atoms with van der Waals surface area (Å²) in [5, 5.41) is 14.1. The van der Waals surface area contributed by atoms with Crippen LogP contribution in [0.2, 0.25) is 0 Å². The molecule has 0 unspecified atom stereocenters. The van der Waals surface area contributed by atoms with Crippen molar-refractivity contribution in [1.29, 1.82) is 5.26 Å². The molecule has 0 spiro atoms. The summed E-state index contributed by atoms with van der Waals surface area (Å²) in [4.78, 5) is 27.9. The number of imidazole rings is 1. The first-order valence-corrected chi connectivity index (χ1v) is 8.73. The van der Waals surface area contributed by atoms with E-state index in [9.17, 15) is 9.59 Å². The van der Waals surface area contributed by atoms with E-state index < -0.39 is 0 Å². The van der Waals surface area contributed by atoms with Crippen molar-refractivity contribution in [3.63, 3.8) is 0 Å². The normalized spacial score (nSPS) is 11.3. The van der Waals surface area contributed by atoms with Crippen LogP contribution in [0.15, 0.2) is 67.3 Å². The lowest BCUT2D eigenvalue weighted by molar-refractivity contribution is -0.115. The van der Waals surface area contributed by atoms with Crippen LogP contribution >= 0.6 is 0 Å². The number of aromatic nitrogens is 2. The van der Waals surface area contributed by atoms with E-state index in [0.29, 0.717) is 11.3 Å². The minimum atomic E-state index is -0.382. The minimum Gasteiger partial charge on any atom is -0.346 e. The number of hydrogen-bond acceptors (Lipinski definition) is 4. The highest BCUT2D eigenvalue weighted by Crippen LogP contribution is 2.17. The molecule has 140 valence electrons. The number of nitrogens with one attached hydrogen (secondary N) is 2. The van der Waals surface area contributed by atoms with E-state index in [1.807, 2.05) is 42.0 Å². The number of hydrogen-bond donors (Lipinski definition) is 2. The van der Waals surface area contributed by atoms with E-state index in [1.165, 1.54) is 0 Å². The summed E-state index contributed by atoms with van der Waals surface area (Å²) in [6, 6.07) is 16.0. The molecule has 7 nitrogen and oxygen atoms in total. The zero-order valence-corrected chi connectivity index (χ0v) is 15.3. The number of benzene rings is 2. The predicted molar refractivity (Wildman–Crippen MR) is 105 cm³/mol. The van der Waals surface area contributed by atoms with Gasteiger partial charge in [-0.05, 0) is 48.9 Å². The van der Waals surface area contributed by atoms with Crippen molar-refractivity contribution in [1.82, 2.24) is 14.9 Å². The van der Waals surface area contributed by atoms with Crippen LogP contribution in [0.4, 0.5) is 5.69 Å². The van der Waals surface area contributed by atoms with Gasteiger partial charge < -0.3 is 15.2 Å². The molecule has 0 saturated heterocycles. The SMILES string of the molecule is C[C@H](NC(=O)c1ccc(NC(=O)CC#N)cc1)c1ccc(-n2ccnc2)cc1. The number of nitrogens with zero attached hydrogens (tertiary/aromatic N) is 3. The number of nitriles is 1. The summed E-state index contributed by atoms with van der Waals surface area (Å²) in [6.45, 7) is 1.92. The second kappa shape index (κ2) is 8.64. The van der Waals surface area contributed by atoms with Gasteiger partial charge in [0.2, 0.25) is 5.91 Å². The zero-order valence-electron chi connectivity index (χ0n) is 15.3. The molecule has 0 radical (unpaired) electrons. The van der Waals surface area contributed by atoms with Crippen LogP contribution in [-0.2, 0) is 4.79 Å². The topological polar surface area (TPSA) is 99.8 Å². The fourth-order valence-electron chi connectivity index (χ4n) is 2.69. The maximum atomic E-state index is 12.5. The van der Waals surface area contributed by atoms with E-state index in [-0.39, 0.29) is 24.3 Å². The lowest BCUT2D eigenvalue weighted by Crippen LogP contribution is -2.26. The van der Waals surface area contributed by atoms with E-state index in [1.54, 1.807) is 42.9 Å². The number of anilines is 1. The highest BCUT2D eigenvalue weighted by Gasteiger charge is 2.12. The molecule has 28 heavy (non-hydrogen) atoms. The van der Waals surface area contributed by atoms with Crippen molar-refractivity contribution in [2.45, 2.75) is 19.4 Å². The average molecular weight is 373 g/mol. The van der Waals surface area contributed by atoms with Crippen LogP contribution in [0.25, 0.3) is 5.69 Å². The molecule has 2 amide bonds. The fraction of sp³-hybridized carbons (Fsp3) is 0.143. The van der Waals surface area contributed by atoms with Crippen LogP contribution in [0, 0.1) is 11.3 Å². The molecule has 1 atom stereocenters. The third kappa shape index (κ3) is 4.62. The first-order chi connectivity index (χ1) is 13.6. The Morgan fingerprint density at radius 3 is 2.46 bits per heavy atom. The number of amides is 2. The van der Waals surface area contributed by atoms with Crippen LogP contribution in [0.3, 0.4) is 0 Å². The number of carbonyl (C=O) groups is 2. The molecule has 3 aromatic rings. The third-order valence-electron chi connectivity index (χ3n) is 4.21. The Balaban J connectivity index is 1.61. The Hall–Kier alpha value is -3.92. The van der Waals surface area contributed by atoms with Gasteiger partial charge in [-0.2, -0.15) is 5.26 Å². The van der Waals surface area contributed by atoms with Crippen molar-refractivity contribution in [3.05, 3.63) is 78.4 Å². The van der Waals surface area contributed by atoms with Gasteiger partial charge in [-0.15, -0.1) is 0 Å². The standard InChI is InChI=1S/C21H19N5O2/c1-15(16-4-8-19(9-5-16)26-13-12-23-14-26)24-21(28)17-2-6-18(7-3-17)25-20(27)10-11-22/h2-9,12-15H,10H2,1H3,(H,24,28)(H,25,27)/t15-/m0/s1. The Bertz CT molecular complexity index is 987. The van der Waals surface area contributed by atoms with Gasteiger partial charge >= 0.3 is 0 Å². The van der Waals surface area contributed by atoms with Crippen molar-refractivity contribution in [2.75, 3.05) is 5.32 Å². The molecule has 1 heterocycles. The molecule has 2 aromatic carbocycles. The van der Waals surface area contributed by atoms with Crippen LogP contribution in [-0.4, -0.2) is 21.4 Å². The molecular formula is C21H19N5O2. The van der Waals surface area contributed by atoms with Crippen molar-refractivity contribution in [3.8, 4) is 11.8 Å². The number of carbonyl (C=O) groups excluding carboxylic acids is 2. The van der Waals surface area contributed by atoms with Gasteiger partial charge in [0.05, 0.1) is 18.4 Å². The molecule has 2 N–H and O–H groups in total. The summed E-state index contributed by atoms with van der Waals surface area (Å²) in [5.74, 6) is -0.589. The minimum absolute atomic E-state index is 0.167. The summed E-state index contributed by atoms with van der Waals surface area (Å²) in [7, 11) is 0. The molecule has 0 aliphatic heterocycles. The highest BCUT2D eigenvalue weighted by molar-refractivity contribution is 5.96. The molecule has 7 heteroatoms. The quantitative estimate of drug-likeness (QED) is 0.693.